The van der Waals surface area contributed by atoms with Crippen LogP contribution in [0.25, 0.3) is 16.4 Å². The topological polar surface area (TPSA) is 103 Å². The number of nitrogens with two attached hydrogens (primary N) is 1. The summed E-state index contributed by atoms with van der Waals surface area (Å²) < 4.78 is 15.1. The zero-order chi connectivity index (χ0) is 21.1. The van der Waals surface area contributed by atoms with Gasteiger partial charge in [-0.1, -0.05) is 42.5 Å². The first-order valence-corrected chi connectivity index (χ1v) is 9.83. The van der Waals surface area contributed by atoms with E-state index >= 15 is 0 Å². The zero-order valence-electron chi connectivity index (χ0n) is 15.5. The molecule has 2 aromatic heterocycles. The van der Waals surface area contributed by atoms with Crippen molar-refractivity contribution in [2.45, 2.75) is 6.04 Å². The van der Waals surface area contributed by atoms with Crippen LogP contribution in [0.4, 0.5) is 4.39 Å². The van der Waals surface area contributed by atoms with Crippen LogP contribution < -0.4 is 11.1 Å². The highest BCUT2D eigenvalue weighted by molar-refractivity contribution is 7.13. The Labute approximate surface area is 175 Å². The van der Waals surface area contributed by atoms with Crippen molar-refractivity contribution in [3.05, 3.63) is 89.3 Å². The summed E-state index contributed by atoms with van der Waals surface area (Å²) in [6.07, 6.45) is 0. The summed E-state index contributed by atoms with van der Waals surface area (Å²) in [5.74, 6) is -1.60. The van der Waals surface area contributed by atoms with Gasteiger partial charge in [0.25, 0.3) is 5.91 Å². The number of thiophene rings is 1. The Morgan fingerprint density at radius 3 is 2.53 bits per heavy atom. The third kappa shape index (κ3) is 3.96. The lowest BCUT2D eigenvalue weighted by molar-refractivity contribution is -0.120. The molecule has 0 spiro atoms. The van der Waals surface area contributed by atoms with Crippen molar-refractivity contribution >= 4 is 23.2 Å². The molecule has 2 heterocycles. The molecule has 150 valence electrons. The first-order valence-electron chi connectivity index (χ1n) is 8.95. The molecule has 1 unspecified atom stereocenters. The zero-order valence-corrected chi connectivity index (χ0v) is 16.3. The van der Waals surface area contributed by atoms with Crippen LogP contribution in [0.5, 0.6) is 0 Å². The van der Waals surface area contributed by atoms with E-state index in [9.17, 15) is 14.0 Å². The number of nitrogens with zero attached hydrogens (tertiary/aromatic N) is 3. The predicted octanol–water partition coefficient (Wildman–Crippen LogP) is 3.09. The molecular formula is C21H16FN5O2S. The highest BCUT2D eigenvalue weighted by Crippen LogP contribution is 2.26. The van der Waals surface area contributed by atoms with Gasteiger partial charge in [0.05, 0.1) is 10.6 Å². The maximum absolute atomic E-state index is 13.8. The Balaban J connectivity index is 1.71. The number of aromatic nitrogens is 3. The number of primary amides is 1. The van der Waals surface area contributed by atoms with Crippen molar-refractivity contribution in [3.8, 4) is 16.4 Å². The number of nitrogens with one attached hydrogen (secondary N) is 1. The quantitative estimate of drug-likeness (QED) is 0.499. The SMILES string of the molecule is NC(=O)C(NC(=O)c1nc(-c2cccs2)n(-c2cccc(F)c2)n1)c1ccccc1. The summed E-state index contributed by atoms with van der Waals surface area (Å²) >= 11 is 1.41. The molecule has 2 aromatic carbocycles. The molecule has 0 aliphatic heterocycles. The van der Waals surface area contributed by atoms with Crippen molar-refractivity contribution < 1.29 is 14.0 Å². The lowest BCUT2D eigenvalue weighted by Gasteiger charge is -2.14. The van der Waals surface area contributed by atoms with Crippen molar-refractivity contribution in [1.82, 2.24) is 20.1 Å². The minimum atomic E-state index is -1.04. The van der Waals surface area contributed by atoms with E-state index in [1.54, 1.807) is 42.5 Å². The number of carbonyl (C=O) groups is 2. The molecule has 0 aliphatic rings. The number of hydrogen-bond acceptors (Lipinski definition) is 5. The van der Waals surface area contributed by atoms with Crippen LogP contribution in [-0.4, -0.2) is 26.6 Å². The lowest BCUT2D eigenvalue weighted by Crippen LogP contribution is -2.38. The van der Waals surface area contributed by atoms with Crippen LogP contribution in [-0.2, 0) is 4.79 Å². The van der Waals surface area contributed by atoms with Crippen molar-refractivity contribution in [2.75, 3.05) is 0 Å². The highest BCUT2D eigenvalue weighted by atomic mass is 32.1. The fraction of sp³-hybridized carbons (Fsp3) is 0.0476. The van der Waals surface area contributed by atoms with E-state index in [-0.39, 0.29) is 5.82 Å². The highest BCUT2D eigenvalue weighted by Gasteiger charge is 2.25. The molecule has 1 atom stereocenters. The van der Waals surface area contributed by atoms with Gasteiger partial charge in [0.1, 0.15) is 11.9 Å². The van der Waals surface area contributed by atoms with E-state index in [1.807, 2.05) is 17.5 Å². The smallest absolute Gasteiger partial charge is 0.291 e. The molecule has 4 aromatic rings. The van der Waals surface area contributed by atoms with Crippen LogP contribution in [0.1, 0.15) is 22.2 Å². The Kier molecular flexibility index (Phi) is 5.36. The second-order valence-electron chi connectivity index (χ2n) is 6.35. The molecule has 0 aliphatic carbocycles. The fourth-order valence-electron chi connectivity index (χ4n) is 2.92. The molecule has 3 N–H and O–H groups in total. The largest absolute Gasteiger partial charge is 0.368 e. The van der Waals surface area contributed by atoms with Crippen LogP contribution >= 0.6 is 11.3 Å². The minimum absolute atomic E-state index is 0.162. The van der Waals surface area contributed by atoms with Gasteiger partial charge in [-0.3, -0.25) is 9.59 Å². The van der Waals surface area contributed by atoms with Crippen LogP contribution in [0.2, 0.25) is 0 Å². The van der Waals surface area contributed by atoms with E-state index < -0.39 is 23.7 Å². The van der Waals surface area contributed by atoms with E-state index in [4.69, 9.17) is 5.73 Å². The molecule has 7 nitrogen and oxygen atoms in total. The summed E-state index contributed by atoms with van der Waals surface area (Å²) in [4.78, 5) is 29.8. The van der Waals surface area contributed by atoms with Crippen molar-refractivity contribution in [1.29, 1.82) is 0 Å². The minimum Gasteiger partial charge on any atom is -0.368 e. The summed E-state index contributed by atoms with van der Waals surface area (Å²) in [6, 6.07) is 17.1. The maximum atomic E-state index is 13.8. The molecule has 0 fully saturated rings. The molecule has 4 rings (SSSR count). The molecule has 9 heteroatoms. The maximum Gasteiger partial charge on any atom is 0.291 e. The lowest BCUT2D eigenvalue weighted by atomic mass is 10.1. The van der Waals surface area contributed by atoms with E-state index in [2.05, 4.69) is 15.4 Å². The Morgan fingerprint density at radius 2 is 1.87 bits per heavy atom. The number of benzene rings is 2. The van der Waals surface area contributed by atoms with Gasteiger partial charge >= 0.3 is 0 Å². The summed E-state index contributed by atoms with van der Waals surface area (Å²) in [5.41, 5.74) is 6.43. The summed E-state index contributed by atoms with van der Waals surface area (Å²) in [5, 5.41) is 8.70. The van der Waals surface area contributed by atoms with Crippen LogP contribution in [0.3, 0.4) is 0 Å². The normalized spacial score (nSPS) is 11.8. The first kappa shape index (κ1) is 19.5. The molecule has 0 saturated heterocycles. The van der Waals surface area contributed by atoms with Crippen LogP contribution in [0, 0.1) is 5.82 Å². The van der Waals surface area contributed by atoms with Gasteiger partial charge < -0.3 is 11.1 Å². The number of carbonyl (C=O) groups excluding carboxylic acids is 2. The first-order chi connectivity index (χ1) is 14.5. The molecule has 0 bridgehead atoms. The molecule has 2 amide bonds. The van der Waals surface area contributed by atoms with E-state index in [0.717, 1.165) is 4.88 Å². The number of rotatable bonds is 6. The van der Waals surface area contributed by atoms with E-state index in [0.29, 0.717) is 17.1 Å². The summed E-state index contributed by atoms with van der Waals surface area (Å²) in [6.45, 7) is 0. The number of hydrogen-bond donors (Lipinski definition) is 2. The van der Waals surface area contributed by atoms with Gasteiger partial charge in [-0.25, -0.2) is 14.1 Å². The fourth-order valence-corrected chi connectivity index (χ4v) is 3.62. The van der Waals surface area contributed by atoms with Gasteiger partial charge in [-0.15, -0.1) is 16.4 Å². The average Bonchev–Trinajstić information content (AvgIpc) is 3.42. The standard InChI is InChI=1S/C21H16FN5O2S/c22-14-8-4-9-15(12-14)27-20(16-10-5-11-30-16)25-19(26-27)21(29)24-17(18(23)28)13-6-2-1-3-7-13/h1-12,17H,(H2,23,28)(H,24,29). The average molecular weight is 421 g/mol. The van der Waals surface area contributed by atoms with Crippen molar-refractivity contribution in [3.63, 3.8) is 0 Å². The second kappa shape index (κ2) is 8.26. The number of halogens is 1. The van der Waals surface area contributed by atoms with Gasteiger partial charge in [0.2, 0.25) is 11.7 Å². The molecule has 30 heavy (non-hydrogen) atoms. The van der Waals surface area contributed by atoms with E-state index in [1.165, 1.54) is 28.2 Å². The molecule has 0 radical (unpaired) electrons. The Morgan fingerprint density at radius 1 is 1.07 bits per heavy atom. The number of amides is 2. The second-order valence-corrected chi connectivity index (χ2v) is 7.30. The third-order valence-corrected chi connectivity index (χ3v) is 5.16. The van der Waals surface area contributed by atoms with Gasteiger partial charge in [0, 0.05) is 0 Å². The summed E-state index contributed by atoms with van der Waals surface area (Å²) in [7, 11) is 0. The van der Waals surface area contributed by atoms with Crippen LogP contribution in [0.15, 0.2) is 72.1 Å². The monoisotopic (exact) mass is 421 g/mol. The third-order valence-electron chi connectivity index (χ3n) is 4.30. The molecular weight excluding hydrogens is 405 g/mol. The van der Waals surface area contributed by atoms with Gasteiger partial charge in [0.15, 0.2) is 5.82 Å². The van der Waals surface area contributed by atoms with Crippen molar-refractivity contribution in [2.24, 2.45) is 5.73 Å². The van der Waals surface area contributed by atoms with Gasteiger partial charge in [-0.2, -0.15) is 0 Å². The Bertz CT molecular complexity index is 1190. The van der Waals surface area contributed by atoms with Gasteiger partial charge in [-0.05, 0) is 35.2 Å². The molecule has 0 saturated carbocycles. The Hall–Kier alpha value is -3.85. The predicted molar refractivity (Wildman–Crippen MR) is 110 cm³/mol.